The van der Waals surface area contributed by atoms with Crippen LogP contribution in [0.25, 0.3) is 0 Å². The molecule has 12 heavy (non-hydrogen) atoms. The van der Waals surface area contributed by atoms with Gasteiger partial charge in [-0.25, -0.2) is 0 Å². The molecule has 1 N–H and O–H groups in total. The van der Waals surface area contributed by atoms with Crippen molar-refractivity contribution in [2.45, 2.75) is 48.0 Å². The molecule has 0 aromatic carbocycles. The number of hydrogen-bond donors (Lipinski definition) is 1. The maximum absolute atomic E-state index is 3.38. The summed E-state index contributed by atoms with van der Waals surface area (Å²) >= 11 is 0. The van der Waals surface area contributed by atoms with Crippen LogP contribution in [0.4, 0.5) is 0 Å². The third-order valence-electron chi connectivity index (χ3n) is 1.79. The lowest BCUT2D eigenvalue weighted by Gasteiger charge is -2.24. The van der Waals surface area contributed by atoms with E-state index in [4.69, 9.17) is 0 Å². The van der Waals surface area contributed by atoms with E-state index in [0.717, 1.165) is 11.8 Å². The molecule has 1 fully saturated rings. The van der Waals surface area contributed by atoms with Crippen LogP contribution in [0, 0.1) is 11.8 Å². The lowest BCUT2D eigenvalue weighted by molar-refractivity contribution is 0.321. The fraction of sp³-hybridized carbons (Fsp3) is 1.00. The Kier molecular flexibility index (Phi) is 13.2. The van der Waals surface area contributed by atoms with Crippen molar-refractivity contribution >= 4 is 0 Å². The number of piperidine rings is 1. The van der Waals surface area contributed by atoms with Crippen molar-refractivity contribution in [2.75, 3.05) is 13.1 Å². The summed E-state index contributed by atoms with van der Waals surface area (Å²) in [6.07, 6.45) is 1.41. The number of hydrogen-bond acceptors (Lipinski definition) is 1. The average Bonchev–Trinajstić information content (AvgIpc) is 2.11. The van der Waals surface area contributed by atoms with E-state index in [1.54, 1.807) is 0 Å². The molecular weight excluding hydrogens is 146 g/mol. The largest absolute Gasteiger partial charge is 0.316 e. The Hall–Kier alpha value is -0.0400. The highest BCUT2D eigenvalue weighted by molar-refractivity contribution is 4.69. The Morgan fingerprint density at radius 3 is 1.33 bits per heavy atom. The van der Waals surface area contributed by atoms with Gasteiger partial charge in [0.1, 0.15) is 0 Å². The first kappa shape index (κ1) is 14.5. The van der Waals surface area contributed by atoms with Gasteiger partial charge in [-0.2, -0.15) is 0 Å². The molecule has 0 saturated carbocycles. The molecule has 1 aliphatic rings. The summed E-state index contributed by atoms with van der Waals surface area (Å²) in [7, 11) is 0. The van der Waals surface area contributed by atoms with Crippen LogP contribution in [0.15, 0.2) is 0 Å². The minimum Gasteiger partial charge on any atom is -0.316 e. The van der Waals surface area contributed by atoms with Crippen molar-refractivity contribution in [1.82, 2.24) is 5.32 Å². The van der Waals surface area contributed by atoms with Crippen LogP contribution in [0.1, 0.15) is 48.0 Å². The first-order chi connectivity index (χ1) is 5.79. The van der Waals surface area contributed by atoms with Gasteiger partial charge in [-0.3, -0.25) is 0 Å². The van der Waals surface area contributed by atoms with Crippen LogP contribution in [-0.4, -0.2) is 13.1 Å². The first-order valence-electron chi connectivity index (χ1n) is 5.49. The van der Waals surface area contributed by atoms with Gasteiger partial charge in [0, 0.05) is 0 Å². The topological polar surface area (TPSA) is 12.0 Å². The zero-order chi connectivity index (χ0) is 9.98. The predicted octanol–water partition coefficient (Wildman–Crippen LogP) is 3.30. The lowest BCUT2D eigenvalue weighted by atomic mass is 9.94. The van der Waals surface area contributed by atoms with Crippen molar-refractivity contribution in [2.24, 2.45) is 11.8 Å². The normalized spacial score (nSPS) is 27.5. The molecule has 1 rings (SSSR count). The molecule has 1 saturated heterocycles. The van der Waals surface area contributed by atoms with E-state index < -0.39 is 0 Å². The van der Waals surface area contributed by atoms with Gasteiger partial charge in [-0.1, -0.05) is 41.5 Å². The smallest absolute Gasteiger partial charge is 0.00229 e. The van der Waals surface area contributed by atoms with Gasteiger partial charge in [0.25, 0.3) is 0 Å². The third-order valence-corrected chi connectivity index (χ3v) is 1.79. The SMILES string of the molecule is CC.CC.CC1CNCC(C)C1. The Morgan fingerprint density at radius 1 is 0.833 bits per heavy atom. The van der Waals surface area contributed by atoms with E-state index >= 15 is 0 Å². The molecule has 76 valence electrons. The molecule has 0 aromatic heterocycles. The fourth-order valence-electron chi connectivity index (χ4n) is 1.43. The molecule has 0 spiro atoms. The maximum Gasteiger partial charge on any atom is -0.00229 e. The molecule has 0 amide bonds. The van der Waals surface area contributed by atoms with Gasteiger partial charge >= 0.3 is 0 Å². The second kappa shape index (κ2) is 11.0. The van der Waals surface area contributed by atoms with Gasteiger partial charge in [0.15, 0.2) is 0 Å². The Labute approximate surface area is 78.9 Å². The van der Waals surface area contributed by atoms with Crippen LogP contribution in [-0.2, 0) is 0 Å². The Morgan fingerprint density at radius 2 is 1.17 bits per heavy atom. The molecule has 1 heterocycles. The van der Waals surface area contributed by atoms with Crippen LogP contribution in [0.2, 0.25) is 0 Å². The monoisotopic (exact) mass is 173 g/mol. The summed E-state index contributed by atoms with van der Waals surface area (Å²) in [5.74, 6) is 1.80. The van der Waals surface area contributed by atoms with Gasteiger partial charge in [-0.15, -0.1) is 0 Å². The second-order valence-electron chi connectivity index (χ2n) is 3.10. The molecular formula is C11H27N. The summed E-state index contributed by atoms with van der Waals surface area (Å²) in [5.41, 5.74) is 0. The van der Waals surface area contributed by atoms with Crippen molar-refractivity contribution in [3.8, 4) is 0 Å². The van der Waals surface area contributed by atoms with E-state index in [9.17, 15) is 0 Å². The van der Waals surface area contributed by atoms with Gasteiger partial charge in [0.2, 0.25) is 0 Å². The van der Waals surface area contributed by atoms with Crippen LogP contribution in [0.3, 0.4) is 0 Å². The zero-order valence-corrected chi connectivity index (χ0v) is 9.78. The predicted molar refractivity (Wildman–Crippen MR) is 58.5 cm³/mol. The van der Waals surface area contributed by atoms with Crippen molar-refractivity contribution < 1.29 is 0 Å². The zero-order valence-electron chi connectivity index (χ0n) is 9.78. The van der Waals surface area contributed by atoms with Crippen LogP contribution >= 0.6 is 0 Å². The van der Waals surface area contributed by atoms with Crippen molar-refractivity contribution in [1.29, 1.82) is 0 Å². The molecule has 1 aliphatic heterocycles. The van der Waals surface area contributed by atoms with Gasteiger partial charge < -0.3 is 5.32 Å². The number of rotatable bonds is 0. The molecule has 2 atom stereocenters. The molecule has 2 unspecified atom stereocenters. The van der Waals surface area contributed by atoms with Gasteiger partial charge in [0.05, 0.1) is 0 Å². The maximum atomic E-state index is 3.38. The summed E-state index contributed by atoms with van der Waals surface area (Å²) in [4.78, 5) is 0. The Balaban J connectivity index is 0. The quantitative estimate of drug-likeness (QED) is 0.592. The minimum absolute atomic E-state index is 0.902. The van der Waals surface area contributed by atoms with E-state index in [0.29, 0.717) is 0 Å². The molecule has 0 aliphatic carbocycles. The molecule has 1 nitrogen and oxygen atoms in total. The van der Waals surface area contributed by atoms with Crippen LogP contribution < -0.4 is 5.32 Å². The van der Waals surface area contributed by atoms with E-state index in [1.807, 2.05) is 27.7 Å². The highest BCUT2D eigenvalue weighted by Crippen LogP contribution is 2.13. The van der Waals surface area contributed by atoms with Crippen LogP contribution in [0.5, 0.6) is 0 Å². The summed E-state index contributed by atoms with van der Waals surface area (Å²) in [6, 6.07) is 0. The Bertz CT molecular complexity index is 63.4. The minimum atomic E-state index is 0.902. The molecule has 1 heteroatoms. The summed E-state index contributed by atoms with van der Waals surface area (Å²) in [5, 5.41) is 3.38. The average molecular weight is 173 g/mol. The fourth-order valence-corrected chi connectivity index (χ4v) is 1.43. The van der Waals surface area contributed by atoms with E-state index in [-0.39, 0.29) is 0 Å². The van der Waals surface area contributed by atoms with Gasteiger partial charge in [-0.05, 0) is 31.3 Å². The summed E-state index contributed by atoms with van der Waals surface area (Å²) in [6.45, 7) is 15.1. The summed E-state index contributed by atoms with van der Waals surface area (Å²) < 4.78 is 0. The standard InChI is InChI=1S/C7H15N.2C2H6/c1-6-3-7(2)5-8-4-6;2*1-2/h6-8H,3-5H2,1-2H3;2*1-2H3. The molecule has 0 radical (unpaired) electrons. The first-order valence-corrected chi connectivity index (χ1v) is 5.49. The lowest BCUT2D eigenvalue weighted by Crippen LogP contribution is -2.33. The third kappa shape index (κ3) is 8.06. The highest BCUT2D eigenvalue weighted by atomic mass is 14.9. The van der Waals surface area contributed by atoms with E-state index in [2.05, 4.69) is 19.2 Å². The van der Waals surface area contributed by atoms with Crippen molar-refractivity contribution in [3.05, 3.63) is 0 Å². The number of nitrogens with one attached hydrogen (secondary N) is 1. The second-order valence-corrected chi connectivity index (χ2v) is 3.10. The van der Waals surface area contributed by atoms with E-state index in [1.165, 1.54) is 19.5 Å². The molecule has 0 aromatic rings. The van der Waals surface area contributed by atoms with Crippen molar-refractivity contribution in [3.63, 3.8) is 0 Å². The molecule has 0 bridgehead atoms. The highest BCUT2D eigenvalue weighted by Gasteiger charge is 2.12.